The van der Waals surface area contributed by atoms with E-state index in [1.54, 1.807) is 29.2 Å². The molecule has 3 aromatic heterocycles. The standard InChI is InChI=1S/C19H19N9O2/c20-17(29)14-7-13(1-2-15(14)27-3-5-30-6-4-27)26-18-19-22-11-25-28(19)16(10-21-18)12-8-23-24-9-12/h1-2,7-11H,3-6H2,(H2,20,29)(H,21,26)(H,23,24). The van der Waals surface area contributed by atoms with Gasteiger partial charge in [0.1, 0.15) is 6.33 Å². The summed E-state index contributed by atoms with van der Waals surface area (Å²) >= 11 is 0. The number of amides is 1. The summed E-state index contributed by atoms with van der Waals surface area (Å²) in [5, 5.41) is 14.3. The molecular weight excluding hydrogens is 386 g/mol. The van der Waals surface area contributed by atoms with Crippen LogP contribution in [-0.4, -0.2) is 62.0 Å². The van der Waals surface area contributed by atoms with E-state index in [4.69, 9.17) is 10.5 Å². The van der Waals surface area contributed by atoms with Crippen molar-refractivity contribution in [3.63, 3.8) is 0 Å². The highest BCUT2D eigenvalue weighted by molar-refractivity contribution is 6.00. The van der Waals surface area contributed by atoms with E-state index in [0.717, 1.165) is 16.9 Å². The third kappa shape index (κ3) is 3.20. The van der Waals surface area contributed by atoms with Crippen molar-refractivity contribution in [3.05, 3.63) is 48.7 Å². The third-order valence-electron chi connectivity index (χ3n) is 4.97. The molecule has 1 amide bonds. The molecule has 0 saturated carbocycles. The molecular formula is C19H19N9O2. The number of benzene rings is 1. The van der Waals surface area contributed by atoms with E-state index in [0.29, 0.717) is 49.0 Å². The van der Waals surface area contributed by atoms with Crippen LogP contribution in [-0.2, 0) is 4.74 Å². The van der Waals surface area contributed by atoms with Crippen molar-refractivity contribution in [2.75, 3.05) is 36.5 Å². The minimum Gasteiger partial charge on any atom is -0.378 e. The summed E-state index contributed by atoms with van der Waals surface area (Å²) in [6.45, 7) is 2.67. The quantitative estimate of drug-likeness (QED) is 0.450. The fraction of sp³-hybridized carbons (Fsp3) is 0.211. The van der Waals surface area contributed by atoms with Crippen LogP contribution in [0.25, 0.3) is 16.9 Å². The fourth-order valence-electron chi connectivity index (χ4n) is 3.52. The monoisotopic (exact) mass is 405 g/mol. The number of aromatic amines is 1. The van der Waals surface area contributed by atoms with E-state index in [1.165, 1.54) is 6.33 Å². The van der Waals surface area contributed by atoms with Crippen molar-refractivity contribution in [2.24, 2.45) is 5.73 Å². The zero-order chi connectivity index (χ0) is 20.5. The summed E-state index contributed by atoms with van der Waals surface area (Å²) in [5.74, 6) is 0.0188. The normalized spacial score (nSPS) is 14.2. The van der Waals surface area contributed by atoms with Crippen LogP contribution in [0, 0.1) is 0 Å². The Kier molecular flexibility index (Phi) is 4.48. The number of anilines is 3. The SMILES string of the molecule is NC(=O)c1cc(Nc2ncc(-c3cn[nH]c3)n3ncnc23)ccc1N1CCOCC1. The van der Waals surface area contributed by atoms with Gasteiger partial charge in [-0.1, -0.05) is 0 Å². The second-order valence-corrected chi connectivity index (χ2v) is 6.80. The van der Waals surface area contributed by atoms with E-state index in [-0.39, 0.29) is 0 Å². The maximum atomic E-state index is 12.1. The second-order valence-electron chi connectivity index (χ2n) is 6.80. The number of carbonyl (C=O) groups excluding carboxylic acids is 1. The summed E-state index contributed by atoms with van der Waals surface area (Å²) < 4.78 is 7.07. The van der Waals surface area contributed by atoms with Crippen molar-refractivity contribution in [1.29, 1.82) is 0 Å². The number of rotatable bonds is 5. The van der Waals surface area contributed by atoms with Gasteiger partial charge in [0.25, 0.3) is 5.91 Å². The van der Waals surface area contributed by atoms with Gasteiger partial charge < -0.3 is 20.7 Å². The Balaban J connectivity index is 1.49. The molecule has 1 aromatic carbocycles. The number of H-pyrrole nitrogens is 1. The molecule has 4 heterocycles. The van der Waals surface area contributed by atoms with Crippen LogP contribution in [0.3, 0.4) is 0 Å². The van der Waals surface area contributed by atoms with E-state index in [9.17, 15) is 4.79 Å². The van der Waals surface area contributed by atoms with Crippen LogP contribution in [0.5, 0.6) is 0 Å². The summed E-state index contributed by atoms with van der Waals surface area (Å²) in [5.41, 5.74) is 9.71. The van der Waals surface area contributed by atoms with Gasteiger partial charge >= 0.3 is 0 Å². The predicted octanol–water partition coefficient (Wildman–Crippen LogP) is 1.19. The number of hydrogen-bond acceptors (Lipinski definition) is 8. The number of aromatic nitrogens is 6. The summed E-state index contributed by atoms with van der Waals surface area (Å²) in [6.07, 6.45) is 6.59. The van der Waals surface area contributed by atoms with Crippen LogP contribution in [0.4, 0.5) is 17.2 Å². The van der Waals surface area contributed by atoms with E-state index in [1.807, 2.05) is 12.1 Å². The van der Waals surface area contributed by atoms with E-state index < -0.39 is 5.91 Å². The number of morpholine rings is 1. The largest absolute Gasteiger partial charge is 0.378 e. The number of hydrogen-bond donors (Lipinski definition) is 3. The number of nitrogens with one attached hydrogen (secondary N) is 2. The molecule has 1 saturated heterocycles. The number of ether oxygens (including phenoxy) is 1. The smallest absolute Gasteiger partial charge is 0.250 e. The zero-order valence-electron chi connectivity index (χ0n) is 15.9. The maximum Gasteiger partial charge on any atom is 0.250 e. The zero-order valence-corrected chi connectivity index (χ0v) is 15.9. The lowest BCUT2D eigenvalue weighted by atomic mass is 10.1. The molecule has 0 bridgehead atoms. The Hall–Kier alpha value is -3.99. The Morgan fingerprint density at radius 1 is 1.20 bits per heavy atom. The maximum absolute atomic E-state index is 12.1. The minimum atomic E-state index is -0.490. The molecule has 0 radical (unpaired) electrons. The molecule has 0 atom stereocenters. The van der Waals surface area contributed by atoms with Crippen molar-refractivity contribution < 1.29 is 9.53 Å². The number of nitrogens with zero attached hydrogens (tertiary/aromatic N) is 6. The minimum absolute atomic E-state index is 0.439. The number of fused-ring (bicyclic) bond motifs is 1. The van der Waals surface area contributed by atoms with Crippen molar-refractivity contribution in [1.82, 2.24) is 29.8 Å². The van der Waals surface area contributed by atoms with Crippen molar-refractivity contribution in [2.45, 2.75) is 0 Å². The average Bonchev–Trinajstić information content (AvgIpc) is 3.47. The van der Waals surface area contributed by atoms with Crippen LogP contribution >= 0.6 is 0 Å². The fourth-order valence-corrected chi connectivity index (χ4v) is 3.52. The lowest BCUT2D eigenvalue weighted by molar-refractivity contribution is 0.0998. The molecule has 0 spiro atoms. The van der Waals surface area contributed by atoms with Gasteiger partial charge in [-0.05, 0) is 18.2 Å². The van der Waals surface area contributed by atoms with Crippen molar-refractivity contribution >= 4 is 28.7 Å². The molecule has 11 heteroatoms. The summed E-state index contributed by atoms with van der Waals surface area (Å²) in [6, 6.07) is 5.50. The van der Waals surface area contributed by atoms with Gasteiger partial charge in [0, 0.05) is 36.2 Å². The summed E-state index contributed by atoms with van der Waals surface area (Å²) in [7, 11) is 0. The van der Waals surface area contributed by atoms with Crippen LogP contribution < -0.4 is 16.0 Å². The average molecular weight is 405 g/mol. The summed E-state index contributed by atoms with van der Waals surface area (Å²) in [4.78, 5) is 23.0. The molecule has 152 valence electrons. The van der Waals surface area contributed by atoms with Crippen LogP contribution in [0.1, 0.15) is 10.4 Å². The van der Waals surface area contributed by atoms with E-state index in [2.05, 4.69) is 35.5 Å². The highest BCUT2D eigenvalue weighted by atomic mass is 16.5. The van der Waals surface area contributed by atoms with Crippen LogP contribution in [0.2, 0.25) is 0 Å². The van der Waals surface area contributed by atoms with Gasteiger partial charge in [-0.25, -0.2) is 14.5 Å². The molecule has 4 aromatic rings. The Morgan fingerprint density at radius 2 is 2.07 bits per heavy atom. The highest BCUT2D eigenvalue weighted by Crippen LogP contribution is 2.28. The first-order valence-electron chi connectivity index (χ1n) is 9.42. The van der Waals surface area contributed by atoms with E-state index >= 15 is 0 Å². The first-order chi connectivity index (χ1) is 14.7. The Labute approximate surface area is 170 Å². The molecule has 0 unspecified atom stereocenters. The predicted molar refractivity (Wildman–Crippen MR) is 110 cm³/mol. The van der Waals surface area contributed by atoms with Gasteiger partial charge in [-0.2, -0.15) is 10.2 Å². The molecule has 1 aliphatic heterocycles. The molecule has 4 N–H and O–H groups in total. The van der Waals surface area contributed by atoms with Gasteiger partial charge in [0.05, 0.1) is 36.9 Å². The van der Waals surface area contributed by atoms with Gasteiger partial charge in [-0.15, -0.1) is 0 Å². The van der Waals surface area contributed by atoms with Crippen LogP contribution in [0.15, 0.2) is 43.1 Å². The molecule has 5 rings (SSSR count). The molecule has 0 aliphatic carbocycles. The second kappa shape index (κ2) is 7.44. The first-order valence-corrected chi connectivity index (χ1v) is 9.42. The molecule has 11 nitrogen and oxygen atoms in total. The number of carbonyl (C=O) groups is 1. The molecule has 30 heavy (non-hydrogen) atoms. The number of nitrogens with two attached hydrogens (primary N) is 1. The lowest BCUT2D eigenvalue weighted by Gasteiger charge is -2.30. The molecule has 1 fully saturated rings. The topological polar surface area (TPSA) is 139 Å². The highest BCUT2D eigenvalue weighted by Gasteiger charge is 2.19. The van der Waals surface area contributed by atoms with Gasteiger partial charge in [0.15, 0.2) is 11.5 Å². The first kappa shape index (κ1) is 18.1. The van der Waals surface area contributed by atoms with Gasteiger partial charge in [0.2, 0.25) is 0 Å². The third-order valence-corrected chi connectivity index (χ3v) is 4.97. The lowest BCUT2D eigenvalue weighted by Crippen LogP contribution is -2.37. The Morgan fingerprint density at radius 3 is 2.83 bits per heavy atom. The number of primary amides is 1. The van der Waals surface area contributed by atoms with Crippen molar-refractivity contribution in [3.8, 4) is 11.3 Å². The Bertz CT molecular complexity index is 1200. The van der Waals surface area contributed by atoms with Gasteiger partial charge in [-0.3, -0.25) is 9.89 Å². The molecule has 1 aliphatic rings.